The van der Waals surface area contributed by atoms with Crippen molar-refractivity contribution in [1.82, 2.24) is 0 Å². The molecular formula is C36H66O9. The van der Waals surface area contributed by atoms with Gasteiger partial charge in [-0.15, -0.1) is 0 Å². The Bertz CT molecular complexity index is 768. The summed E-state index contributed by atoms with van der Waals surface area (Å²) in [5.74, 6) is 2.09. The Kier molecular flexibility index (Phi) is 23.5. The van der Waals surface area contributed by atoms with E-state index in [1.165, 1.54) is 38.5 Å². The minimum Gasteiger partial charge on any atom is -0.434 e. The number of rotatable bonds is 24. The summed E-state index contributed by atoms with van der Waals surface area (Å²) in [4.78, 5) is 37.3. The van der Waals surface area contributed by atoms with Crippen LogP contribution >= 0.6 is 0 Å². The summed E-state index contributed by atoms with van der Waals surface area (Å²) in [6, 6.07) is 0. The highest BCUT2D eigenvalue weighted by Crippen LogP contribution is 2.28. The molecule has 3 unspecified atom stereocenters. The molecule has 0 aromatic heterocycles. The molecule has 0 bridgehead atoms. The molecule has 9 heteroatoms. The molecule has 3 atom stereocenters. The molecule has 1 fully saturated rings. The largest absolute Gasteiger partial charge is 0.508 e. The summed E-state index contributed by atoms with van der Waals surface area (Å²) in [7, 11) is 0. The number of ether oxygens (including phenoxy) is 6. The van der Waals surface area contributed by atoms with E-state index in [0.717, 1.165) is 57.8 Å². The number of unbranched alkanes of at least 4 members (excludes halogenated alkanes) is 9. The molecule has 0 spiro atoms. The maximum absolute atomic E-state index is 12.5. The normalized spacial score (nSPS) is 18.2. The number of hydrogen-bond acceptors (Lipinski definition) is 9. The minimum absolute atomic E-state index is 0.183. The quantitative estimate of drug-likeness (QED) is 0.0577. The molecule has 0 heterocycles. The molecule has 0 aromatic rings. The molecule has 264 valence electrons. The lowest BCUT2D eigenvalue weighted by molar-refractivity contribution is -0.0983. The second-order valence-electron chi connectivity index (χ2n) is 14.0. The van der Waals surface area contributed by atoms with Gasteiger partial charge in [0.15, 0.2) is 0 Å². The highest BCUT2D eigenvalue weighted by atomic mass is 16.8. The van der Waals surface area contributed by atoms with Crippen LogP contribution in [0.5, 0.6) is 0 Å². The standard InChI is InChI=1S/C36H66O9/c1-28(2)19-13-7-10-16-24-40-34(37)43-31-22-23-32(44-35(38)41-25-17-11-8-14-20-29(3)4)33(27-31)45-36(39)42-26-18-12-9-15-21-30(5)6/h28-33H,7-27H2,1-6H3. The number of carbonyl (C=O) groups is 3. The van der Waals surface area contributed by atoms with Gasteiger partial charge in [-0.1, -0.05) is 119 Å². The first kappa shape index (κ1) is 40.8. The molecular weight excluding hydrogens is 576 g/mol. The van der Waals surface area contributed by atoms with Crippen molar-refractivity contribution >= 4 is 18.5 Å². The van der Waals surface area contributed by atoms with Crippen LogP contribution in [0.1, 0.15) is 157 Å². The van der Waals surface area contributed by atoms with Crippen LogP contribution in [0.2, 0.25) is 0 Å². The summed E-state index contributed by atoms with van der Waals surface area (Å²) in [6.45, 7) is 14.2. The Morgan fingerprint density at radius 1 is 0.467 bits per heavy atom. The van der Waals surface area contributed by atoms with Crippen LogP contribution in [0.25, 0.3) is 0 Å². The fraction of sp³-hybridized carbons (Fsp3) is 0.917. The first-order chi connectivity index (χ1) is 21.6. The van der Waals surface area contributed by atoms with E-state index < -0.39 is 36.8 Å². The monoisotopic (exact) mass is 642 g/mol. The van der Waals surface area contributed by atoms with Gasteiger partial charge in [-0.25, -0.2) is 14.4 Å². The van der Waals surface area contributed by atoms with Crippen molar-refractivity contribution in [2.75, 3.05) is 19.8 Å². The van der Waals surface area contributed by atoms with Crippen LogP contribution in [-0.2, 0) is 28.4 Å². The van der Waals surface area contributed by atoms with Gasteiger partial charge in [0.05, 0.1) is 19.8 Å². The predicted octanol–water partition coefficient (Wildman–Crippen LogP) is 10.6. The number of carbonyl (C=O) groups excluding carboxylic acids is 3. The van der Waals surface area contributed by atoms with Crippen molar-refractivity contribution in [3.63, 3.8) is 0 Å². The fourth-order valence-electron chi connectivity index (χ4n) is 5.41. The zero-order valence-corrected chi connectivity index (χ0v) is 29.5. The van der Waals surface area contributed by atoms with Crippen molar-refractivity contribution in [2.24, 2.45) is 17.8 Å². The van der Waals surface area contributed by atoms with Gasteiger partial charge in [-0.2, -0.15) is 0 Å². The Morgan fingerprint density at radius 3 is 1.22 bits per heavy atom. The van der Waals surface area contributed by atoms with E-state index in [4.69, 9.17) is 28.4 Å². The summed E-state index contributed by atoms with van der Waals surface area (Å²) in [5.41, 5.74) is 0. The average Bonchev–Trinajstić information content (AvgIpc) is 2.96. The zero-order valence-electron chi connectivity index (χ0n) is 29.5. The molecule has 45 heavy (non-hydrogen) atoms. The third-order valence-electron chi connectivity index (χ3n) is 8.13. The molecule has 1 saturated carbocycles. The lowest BCUT2D eigenvalue weighted by Gasteiger charge is -2.33. The predicted molar refractivity (Wildman–Crippen MR) is 176 cm³/mol. The molecule has 0 N–H and O–H groups in total. The molecule has 0 amide bonds. The molecule has 1 rings (SSSR count). The lowest BCUT2D eigenvalue weighted by Crippen LogP contribution is -2.43. The van der Waals surface area contributed by atoms with E-state index in [2.05, 4.69) is 41.5 Å². The summed E-state index contributed by atoms with van der Waals surface area (Å²) in [6.07, 6.45) is 12.4. The summed E-state index contributed by atoms with van der Waals surface area (Å²) >= 11 is 0. The Hall–Kier alpha value is -2.19. The fourth-order valence-corrected chi connectivity index (χ4v) is 5.41. The van der Waals surface area contributed by atoms with E-state index in [1.54, 1.807) is 0 Å². The highest BCUT2D eigenvalue weighted by molar-refractivity contribution is 5.62. The second-order valence-corrected chi connectivity index (χ2v) is 14.0. The van der Waals surface area contributed by atoms with Crippen molar-refractivity contribution < 1.29 is 42.8 Å². The van der Waals surface area contributed by atoms with Crippen LogP contribution < -0.4 is 0 Å². The van der Waals surface area contributed by atoms with Crippen molar-refractivity contribution in [1.29, 1.82) is 0 Å². The minimum atomic E-state index is -0.820. The van der Waals surface area contributed by atoms with Crippen molar-refractivity contribution in [3.8, 4) is 0 Å². The molecule has 1 aliphatic rings. The Labute approximate surface area is 274 Å². The first-order valence-corrected chi connectivity index (χ1v) is 18.1. The van der Waals surface area contributed by atoms with Crippen LogP contribution in [-0.4, -0.2) is 56.6 Å². The van der Waals surface area contributed by atoms with Gasteiger partial charge in [0.1, 0.15) is 18.3 Å². The summed E-state index contributed by atoms with van der Waals surface area (Å²) < 4.78 is 32.6. The van der Waals surface area contributed by atoms with Crippen LogP contribution in [0, 0.1) is 17.8 Å². The molecule has 0 aromatic carbocycles. The van der Waals surface area contributed by atoms with Gasteiger partial charge in [0, 0.05) is 6.42 Å². The van der Waals surface area contributed by atoms with Crippen LogP contribution in [0.4, 0.5) is 14.4 Å². The SMILES string of the molecule is CC(C)CCCCCCOC(=O)OC1CCC(OC(=O)OCCCCCCC(C)C)C(OC(=O)OCCCCCCC(C)C)C1. The van der Waals surface area contributed by atoms with Gasteiger partial charge < -0.3 is 28.4 Å². The van der Waals surface area contributed by atoms with Crippen molar-refractivity contribution in [3.05, 3.63) is 0 Å². The maximum Gasteiger partial charge on any atom is 0.508 e. The van der Waals surface area contributed by atoms with Gasteiger partial charge in [-0.05, 0) is 49.9 Å². The zero-order chi connectivity index (χ0) is 33.3. The molecule has 0 aliphatic heterocycles. The molecule has 0 radical (unpaired) electrons. The Balaban J connectivity index is 2.49. The third-order valence-corrected chi connectivity index (χ3v) is 8.13. The van der Waals surface area contributed by atoms with Gasteiger partial charge >= 0.3 is 18.5 Å². The third kappa shape index (κ3) is 23.8. The van der Waals surface area contributed by atoms with E-state index >= 15 is 0 Å². The second kappa shape index (κ2) is 25.9. The van der Waals surface area contributed by atoms with Crippen LogP contribution in [0.15, 0.2) is 0 Å². The molecule has 0 saturated heterocycles. The average molecular weight is 643 g/mol. The van der Waals surface area contributed by atoms with E-state index in [0.29, 0.717) is 37.2 Å². The highest BCUT2D eigenvalue weighted by Gasteiger charge is 2.38. The topological polar surface area (TPSA) is 107 Å². The lowest BCUT2D eigenvalue weighted by atomic mass is 9.92. The maximum atomic E-state index is 12.5. The van der Waals surface area contributed by atoms with Gasteiger partial charge in [-0.3, -0.25) is 0 Å². The van der Waals surface area contributed by atoms with E-state index in [-0.39, 0.29) is 19.6 Å². The van der Waals surface area contributed by atoms with Gasteiger partial charge in [0.2, 0.25) is 0 Å². The smallest absolute Gasteiger partial charge is 0.434 e. The van der Waals surface area contributed by atoms with Crippen molar-refractivity contribution in [2.45, 2.75) is 175 Å². The van der Waals surface area contributed by atoms with Gasteiger partial charge in [0.25, 0.3) is 0 Å². The molecule has 1 aliphatic carbocycles. The van der Waals surface area contributed by atoms with E-state index in [1.807, 2.05) is 0 Å². The Morgan fingerprint density at radius 2 is 0.822 bits per heavy atom. The first-order valence-electron chi connectivity index (χ1n) is 18.1. The molecule has 9 nitrogen and oxygen atoms in total. The summed E-state index contributed by atoms with van der Waals surface area (Å²) in [5, 5.41) is 0. The van der Waals surface area contributed by atoms with Crippen LogP contribution in [0.3, 0.4) is 0 Å². The number of hydrogen-bond donors (Lipinski definition) is 0. The van der Waals surface area contributed by atoms with E-state index in [9.17, 15) is 14.4 Å².